The molecule has 1 amide bonds. The van der Waals surface area contributed by atoms with Gasteiger partial charge in [0.25, 0.3) is 0 Å². The van der Waals surface area contributed by atoms with E-state index >= 15 is 0 Å². The maximum atomic E-state index is 12.6. The minimum atomic E-state index is -3.78. The second-order valence-corrected chi connectivity index (χ2v) is 9.91. The molecule has 1 aliphatic heterocycles. The van der Waals surface area contributed by atoms with E-state index < -0.39 is 10.0 Å². The largest absolute Gasteiger partial charge is 0.353 e. The lowest BCUT2D eigenvalue weighted by Gasteiger charge is -2.31. The lowest BCUT2D eigenvalue weighted by molar-refractivity contribution is -0.122. The van der Waals surface area contributed by atoms with Crippen LogP contribution in [-0.2, 0) is 27.8 Å². The van der Waals surface area contributed by atoms with Crippen molar-refractivity contribution >= 4 is 27.0 Å². The second-order valence-electron chi connectivity index (χ2n) is 8.34. The standard InChI is InChI=1S/C20H30N6O3S/c1-2-9-26-18-6-4-15(30(21,28)29)11-17(18)24-19(26)7-8-20(27)23-14-3-5-16-13(10-14)12-22-25-16/h4,6,11,13-14,16,22,25H,2-3,5,7-10,12H2,1H3,(H,23,27)(H2,21,28,29). The number of aryl methyl sites for hydroxylation is 2. The molecule has 2 aromatic rings. The van der Waals surface area contributed by atoms with Crippen LogP contribution < -0.4 is 21.3 Å². The van der Waals surface area contributed by atoms with Crippen molar-refractivity contribution < 1.29 is 13.2 Å². The van der Waals surface area contributed by atoms with E-state index in [1.54, 1.807) is 6.07 Å². The Kier molecular flexibility index (Phi) is 6.10. The highest BCUT2D eigenvalue weighted by atomic mass is 32.2. The van der Waals surface area contributed by atoms with Crippen LogP contribution in [0.5, 0.6) is 0 Å². The van der Waals surface area contributed by atoms with E-state index in [9.17, 15) is 13.2 Å². The first-order valence-corrected chi connectivity index (χ1v) is 12.2. The summed E-state index contributed by atoms with van der Waals surface area (Å²) in [6, 6.07) is 5.50. The van der Waals surface area contributed by atoms with E-state index in [4.69, 9.17) is 5.14 Å². The highest BCUT2D eigenvalue weighted by molar-refractivity contribution is 7.89. The highest BCUT2D eigenvalue weighted by Gasteiger charge is 2.34. The number of rotatable bonds is 7. The zero-order chi connectivity index (χ0) is 21.3. The van der Waals surface area contributed by atoms with E-state index in [0.29, 0.717) is 30.3 Å². The summed E-state index contributed by atoms with van der Waals surface area (Å²) >= 11 is 0. The quantitative estimate of drug-likeness (QED) is 0.509. The number of nitrogens with two attached hydrogens (primary N) is 1. The molecular weight excluding hydrogens is 404 g/mol. The van der Waals surface area contributed by atoms with Gasteiger partial charge in [0.1, 0.15) is 5.82 Å². The fourth-order valence-electron chi connectivity index (χ4n) is 4.66. The van der Waals surface area contributed by atoms with Crippen LogP contribution in [0.25, 0.3) is 11.0 Å². The van der Waals surface area contributed by atoms with Crippen molar-refractivity contribution in [3.8, 4) is 0 Å². The fourth-order valence-corrected chi connectivity index (χ4v) is 5.19. The smallest absolute Gasteiger partial charge is 0.238 e. The predicted octanol–water partition coefficient (Wildman–Crippen LogP) is 0.788. The maximum absolute atomic E-state index is 12.6. The van der Waals surface area contributed by atoms with Crippen LogP contribution in [0.4, 0.5) is 0 Å². The number of nitrogens with zero attached hydrogens (tertiary/aromatic N) is 2. The molecule has 1 aromatic heterocycles. The molecule has 1 saturated carbocycles. The van der Waals surface area contributed by atoms with Crippen LogP contribution in [0.1, 0.15) is 44.9 Å². The number of carbonyl (C=O) groups is 1. The molecule has 1 aromatic carbocycles. The summed E-state index contributed by atoms with van der Waals surface area (Å²) < 4.78 is 25.4. The van der Waals surface area contributed by atoms with E-state index in [-0.39, 0.29) is 16.8 Å². The van der Waals surface area contributed by atoms with Gasteiger partial charge in [-0.15, -0.1) is 0 Å². The summed E-state index contributed by atoms with van der Waals surface area (Å²) in [4.78, 5) is 17.2. The van der Waals surface area contributed by atoms with E-state index in [0.717, 1.165) is 50.1 Å². The molecule has 0 bridgehead atoms. The Hall–Kier alpha value is -2.01. The zero-order valence-corrected chi connectivity index (χ0v) is 18.0. The van der Waals surface area contributed by atoms with Crippen LogP contribution in [0.3, 0.4) is 0 Å². The summed E-state index contributed by atoms with van der Waals surface area (Å²) in [7, 11) is -3.78. The lowest BCUT2D eigenvalue weighted by atomic mass is 9.83. The Morgan fingerprint density at radius 3 is 2.97 bits per heavy atom. The van der Waals surface area contributed by atoms with Crippen molar-refractivity contribution in [3.05, 3.63) is 24.0 Å². The number of benzene rings is 1. The molecule has 5 N–H and O–H groups in total. The molecule has 0 spiro atoms. The van der Waals surface area contributed by atoms with Crippen molar-refractivity contribution in [1.82, 2.24) is 25.7 Å². The van der Waals surface area contributed by atoms with Crippen LogP contribution in [0.15, 0.2) is 23.1 Å². The monoisotopic (exact) mass is 434 g/mol. The van der Waals surface area contributed by atoms with Gasteiger partial charge in [0.2, 0.25) is 15.9 Å². The number of aromatic nitrogens is 2. The van der Waals surface area contributed by atoms with Crippen LogP contribution in [-0.4, -0.2) is 42.5 Å². The van der Waals surface area contributed by atoms with Crippen LogP contribution in [0.2, 0.25) is 0 Å². The third-order valence-electron chi connectivity index (χ3n) is 6.15. The number of hydrazine groups is 1. The minimum absolute atomic E-state index is 0.0395. The first-order chi connectivity index (χ1) is 14.3. The van der Waals surface area contributed by atoms with Crippen molar-refractivity contribution in [1.29, 1.82) is 0 Å². The van der Waals surface area contributed by atoms with Gasteiger partial charge in [0, 0.05) is 38.0 Å². The van der Waals surface area contributed by atoms with Crippen molar-refractivity contribution in [2.45, 2.75) is 69.0 Å². The third kappa shape index (κ3) is 4.51. The second kappa shape index (κ2) is 8.62. The number of fused-ring (bicyclic) bond motifs is 2. The number of hydrogen-bond acceptors (Lipinski definition) is 6. The van der Waals surface area contributed by atoms with Crippen LogP contribution >= 0.6 is 0 Å². The van der Waals surface area contributed by atoms with Gasteiger partial charge in [0.05, 0.1) is 15.9 Å². The van der Waals surface area contributed by atoms with Crippen molar-refractivity contribution in [2.24, 2.45) is 11.1 Å². The fraction of sp³-hybridized carbons (Fsp3) is 0.600. The molecule has 2 heterocycles. The molecule has 164 valence electrons. The summed E-state index contributed by atoms with van der Waals surface area (Å²) in [5, 5.41) is 8.44. The van der Waals surface area contributed by atoms with Gasteiger partial charge < -0.3 is 9.88 Å². The summed E-state index contributed by atoms with van der Waals surface area (Å²) in [6.07, 6.45) is 4.84. The van der Waals surface area contributed by atoms with Gasteiger partial charge in [-0.1, -0.05) is 6.92 Å². The van der Waals surface area contributed by atoms with Gasteiger partial charge in [-0.25, -0.2) is 18.5 Å². The number of hydrogen-bond donors (Lipinski definition) is 4. The summed E-state index contributed by atoms with van der Waals surface area (Å²) in [5.74, 6) is 1.41. The Balaban J connectivity index is 1.43. The molecule has 10 heteroatoms. The number of nitrogens with one attached hydrogen (secondary N) is 3. The number of sulfonamides is 1. The molecule has 1 aliphatic carbocycles. The van der Waals surface area contributed by atoms with Gasteiger partial charge in [-0.3, -0.25) is 15.6 Å². The first kappa shape index (κ1) is 21.2. The predicted molar refractivity (Wildman–Crippen MR) is 114 cm³/mol. The Morgan fingerprint density at radius 1 is 1.37 bits per heavy atom. The minimum Gasteiger partial charge on any atom is -0.353 e. The molecule has 2 aliphatic rings. The Bertz CT molecular complexity index is 1030. The summed E-state index contributed by atoms with van der Waals surface area (Å²) in [5.41, 5.74) is 7.96. The Labute approximate surface area is 176 Å². The van der Waals surface area contributed by atoms with E-state index in [1.165, 1.54) is 12.1 Å². The van der Waals surface area contributed by atoms with E-state index in [2.05, 4.69) is 32.6 Å². The molecular formula is C20H30N6O3S. The molecule has 2 fully saturated rings. The molecule has 3 unspecified atom stereocenters. The van der Waals surface area contributed by atoms with Crippen LogP contribution in [0, 0.1) is 5.92 Å². The lowest BCUT2D eigenvalue weighted by Crippen LogP contribution is -2.44. The number of primary sulfonamides is 1. The van der Waals surface area contributed by atoms with Crippen molar-refractivity contribution in [3.63, 3.8) is 0 Å². The molecule has 4 rings (SSSR count). The molecule has 30 heavy (non-hydrogen) atoms. The van der Waals surface area contributed by atoms with Gasteiger partial charge >= 0.3 is 0 Å². The average Bonchev–Trinajstić information content (AvgIpc) is 3.30. The normalized spacial score (nSPS) is 24.1. The number of carbonyl (C=O) groups excluding carboxylic acids is 1. The topological polar surface area (TPSA) is 131 Å². The number of imidazole rings is 1. The third-order valence-corrected chi connectivity index (χ3v) is 7.06. The zero-order valence-electron chi connectivity index (χ0n) is 17.2. The maximum Gasteiger partial charge on any atom is 0.238 e. The molecule has 3 atom stereocenters. The van der Waals surface area contributed by atoms with Gasteiger partial charge in [-0.05, 0) is 49.8 Å². The molecule has 9 nitrogen and oxygen atoms in total. The van der Waals surface area contributed by atoms with Gasteiger partial charge in [0.15, 0.2) is 0 Å². The molecule has 0 radical (unpaired) electrons. The number of amides is 1. The van der Waals surface area contributed by atoms with Gasteiger partial charge in [-0.2, -0.15) is 0 Å². The average molecular weight is 435 g/mol. The summed E-state index contributed by atoms with van der Waals surface area (Å²) in [6.45, 7) is 3.79. The SMILES string of the molecule is CCCn1c(CCC(=O)NC2CCC3NNCC3C2)nc2cc(S(N)(=O)=O)ccc21. The highest BCUT2D eigenvalue weighted by Crippen LogP contribution is 2.27. The van der Waals surface area contributed by atoms with Crippen molar-refractivity contribution in [2.75, 3.05) is 6.54 Å². The first-order valence-electron chi connectivity index (χ1n) is 10.6. The Morgan fingerprint density at radius 2 is 2.20 bits per heavy atom. The molecule has 1 saturated heterocycles. The van der Waals surface area contributed by atoms with E-state index in [1.807, 2.05) is 0 Å².